The third-order valence-corrected chi connectivity index (χ3v) is 2.17. The van der Waals surface area contributed by atoms with Crippen LogP contribution in [0.5, 0.6) is 0 Å². The topological polar surface area (TPSA) is 47.9 Å². The lowest BCUT2D eigenvalue weighted by atomic mass is 10.4. The van der Waals surface area contributed by atoms with Crippen LogP contribution in [-0.2, 0) is 14.2 Å². The minimum atomic E-state index is -0.296. The quantitative estimate of drug-likeness (QED) is 0.425. The number of ether oxygens (including phenoxy) is 3. The molecule has 0 saturated heterocycles. The lowest BCUT2D eigenvalue weighted by Gasteiger charge is -2.20. The number of hydrogen-bond acceptors (Lipinski definition) is 4. The summed E-state index contributed by atoms with van der Waals surface area (Å²) in [5, 5.41) is 8.86. The summed E-state index contributed by atoms with van der Waals surface area (Å²) in [5.74, 6) is 0. The zero-order valence-corrected chi connectivity index (χ0v) is 11.5. The maximum Gasteiger partial charge on any atom is 0.160 e. The predicted octanol–water partition coefficient (Wildman–Crippen LogP) is 2.34. The highest BCUT2D eigenvalue weighted by Gasteiger charge is 2.10. The van der Waals surface area contributed by atoms with Gasteiger partial charge in [0.2, 0.25) is 0 Å². The molecule has 0 heterocycles. The molecule has 1 atom stereocenters. The van der Waals surface area contributed by atoms with Crippen molar-refractivity contribution >= 4 is 0 Å². The molecule has 4 nitrogen and oxygen atoms in total. The van der Waals surface area contributed by atoms with Crippen LogP contribution >= 0.6 is 0 Å². The molecule has 1 unspecified atom stereocenters. The van der Waals surface area contributed by atoms with E-state index in [-0.39, 0.29) is 19.0 Å². The molecule has 0 fully saturated rings. The van der Waals surface area contributed by atoms with E-state index in [1.54, 1.807) is 0 Å². The molecule has 0 aromatic rings. The smallest absolute Gasteiger partial charge is 0.160 e. The first-order chi connectivity index (χ1) is 8.20. The van der Waals surface area contributed by atoms with Gasteiger partial charge in [0.05, 0.1) is 12.7 Å². The number of unbranched alkanes of at least 4 members (excludes halogenated alkanes) is 1. The second kappa shape index (κ2) is 12.3. The summed E-state index contributed by atoms with van der Waals surface area (Å²) in [5.41, 5.74) is 0. The van der Waals surface area contributed by atoms with Crippen molar-refractivity contribution in [2.75, 3.05) is 26.4 Å². The standard InChI is InChI=1S/C13H28O4/c1-4-5-9-15-10-6-11-16-13(7-8-14)17-12(2)3/h12-14H,4-11H2,1-3H3. The van der Waals surface area contributed by atoms with Crippen LogP contribution in [0.4, 0.5) is 0 Å². The van der Waals surface area contributed by atoms with Gasteiger partial charge in [-0.1, -0.05) is 13.3 Å². The van der Waals surface area contributed by atoms with E-state index in [9.17, 15) is 0 Å². The number of aliphatic hydroxyl groups is 1. The molecule has 0 aliphatic rings. The van der Waals surface area contributed by atoms with Gasteiger partial charge in [-0.05, 0) is 26.7 Å². The zero-order chi connectivity index (χ0) is 12.9. The summed E-state index contributed by atoms with van der Waals surface area (Å²) in [6.45, 7) is 8.33. The van der Waals surface area contributed by atoms with Gasteiger partial charge in [-0.3, -0.25) is 0 Å². The monoisotopic (exact) mass is 248 g/mol. The molecule has 0 bridgehead atoms. The molecule has 0 saturated carbocycles. The van der Waals surface area contributed by atoms with E-state index in [4.69, 9.17) is 19.3 Å². The van der Waals surface area contributed by atoms with Crippen LogP contribution in [0.2, 0.25) is 0 Å². The average molecular weight is 248 g/mol. The molecule has 0 aliphatic heterocycles. The highest BCUT2D eigenvalue weighted by Crippen LogP contribution is 2.05. The van der Waals surface area contributed by atoms with E-state index >= 15 is 0 Å². The van der Waals surface area contributed by atoms with Gasteiger partial charge in [-0.25, -0.2) is 0 Å². The fourth-order valence-corrected chi connectivity index (χ4v) is 1.32. The lowest BCUT2D eigenvalue weighted by molar-refractivity contribution is -0.171. The van der Waals surface area contributed by atoms with Crippen molar-refractivity contribution in [3.63, 3.8) is 0 Å². The number of aliphatic hydroxyl groups excluding tert-OH is 1. The van der Waals surface area contributed by atoms with Gasteiger partial charge in [0.1, 0.15) is 0 Å². The molecule has 17 heavy (non-hydrogen) atoms. The molecule has 0 rings (SSSR count). The molecule has 104 valence electrons. The molecule has 0 aromatic heterocycles. The van der Waals surface area contributed by atoms with Crippen molar-refractivity contribution in [3.05, 3.63) is 0 Å². The van der Waals surface area contributed by atoms with Crippen LogP contribution in [0.25, 0.3) is 0 Å². The van der Waals surface area contributed by atoms with Crippen LogP contribution in [-0.4, -0.2) is 43.9 Å². The largest absolute Gasteiger partial charge is 0.396 e. The first kappa shape index (κ1) is 16.8. The van der Waals surface area contributed by atoms with Crippen LogP contribution in [0, 0.1) is 0 Å². The molecule has 0 spiro atoms. The van der Waals surface area contributed by atoms with E-state index in [1.807, 2.05) is 13.8 Å². The Bertz CT molecular complexity index is 150. The van der Waals surface area contributed by atoms with E-state index in [1.165, 1.54) is 0 Å². The normalized spacial score (nSPS) is 13.2. The van der Waals surface area contributed by atoms with Crippen molar-refractivity contribution < 1.29 is 19.3 Å². The molecule has 0 aliphatic carbocycles. The lowest BCUT2D eigenvalue weighted by Crippen LogP contribution is -2.23. The third kappa shape index (κ3) is 12.1. The maximum atomic E-state index is 8.86. The molecule has 4 heteroatoms. The van der Waals surface area contributed by atoms with E-state index < -0.39 is 0 Å². The van der Waals surface area contributed by atoms with Gasteiger partial charge >= 0.3 is 0 Å². The Labute approximate surface area is 105 Å². The summed E-state index contributed by atoms with van der Waals surface area (Å²) < 4.78 is 16.5. The van der Waals surface area contributed by atoms with E-state index in [2.05, 4.69) is 6.92 Å². The molecular weight excluding hydrogens is 220 g/mol. The van der Waals surface area contributed by atoms with Crippen molar-refractivity contribution in [2.45, 2.75) is 58.8 Å². The first-order valence-corrected chi connectivity index (χ1v) is 6.66. The molecular formula is C13H28O4. The van der Waals surface area contributed by atoms with Crippen molar-refractivity contribution in [2.24, 2.45) is 0 Å². The Kier molecular flexibility index (Phi) is 12.2. The summed E-state index contributed by atoms with van der Waals surface area (Å²) in [4.78, 5) is 0. The summed E-state index contributed by atoms with van der Waals surface area (Å²) in [7, 11) is 0. The second-order valence-corrected chi connectivity index (χ2v) is 4.32. The maximum absolute atomic E-state index is 8.86. The SMILES string of the molecule is CCCCOCCCOC(CCO)OC(C)C. The summed E-state index contributed by atoms with van der Waals surface area (Å²) >= 11 is 0. The first-order valence-electron chi connectivity index (χ1n) is 6.66. The summed E-state index contributed by atoms with van der Waals surface area (Å²) in [6.07, 6.45) is 3.49. The second-order valence-electron chi connectivity index (χ2n) is 4.32. The molecule has 0 aromatic carbocycles. The van der Waals surface area contributed by atoms with Gasteiger partial charge in [-0.2, -0.15) is 0 Å². The number of hydrogen-bond donors (Lipinski definition) is 1. The fraction of sp³-hybridized carbons (Fsp3) is 1.00. The zero-order valence-electron chi connectivity index (χ0n) is 11.5. The Morgan fingerprint density at radius 3 is 2.35 bits per heavy atom. The number of rotatable bonds is 12. The van der Waals surface area contributed by atoms with Gasteiger partial charge in [0.25, 0.3) is 0 Å². The van der Waals surface area contributed by atoms with Gasteiger partial charge in [0.15, 0.2) is 6.29 Å². The highest BCUT2D eigenvalue weighted by atomic mass is 16.7. The van der Waals surface area contributed by atoms with Crippen molar-refractivity contribution in [1.29, 1.82) is 0 Å². The van der Waals surface area contributed by atoms with Gasteiger partial charge in [-0.15, -0.1) is 0 Å². The Balaban J connectivity index is 3.40. The van der Waals surface area contributed by atoms with Crippen LogP contribution < -0.4 is 0 Å². The molecule has 0 radical (unpaired) electrons. The Morgan fingerprint density at radius 1 is 1.06 bits per heavy atom. The molecule has 1 N–H and O–H groups in total. The molecule has 0 amide bonds. The Morgan fingerprint density at radius 2 is 1.76 bits per heavy atom. The Hall–Kier alpha value is -0.160. The predicted molar refractivity (Wildman–Crippen MR) is 68.0 cm³/mol. The average Bonchev–Trinajstić information content (AvgIpc) is 2.27. The third-order valence-electron chi connectivity index (χ3n) is 2.17. The van der Waals surface area contributed by atoms with E-state index in [0.717, 1.165) is 32.5 Å². The van der Waals surface area contributed by atoms with Crippen LogP contribution in [0.15, 0.2) is 0 Å². The van der Waals surface area contributed by atoms with Crippen molar-refractivity contribution in [1.82, 2.24) is 0 Å². The fourth-order valence-electron chi connectivity index (χ4n) is 1.32. The minimum absolute atomic E-state index is 0.0877. The minimum Gasteiger partial charge on any atom is -0.396 e. The van der Waals surface area contributed by atoms with E-state index in [0.29, 0.717) is 13.0 Å². The van der Waals surface area contributed by atoms with Crippen LogP contribution in [0.3, 0.4) is 0 Å². The van der Waals surface area contributed by atoms with Gasteiger partial charge in [0, 0.05) is 26.2 Å². The van der Waals surface area contributed by atoms with Crippen molar-refractivity contribution in [3.8, 4) is 0 Å². The van der Waals surface area contributed by atoms with Gasteiger partial charge < -0.3 is 19.3 Å². The van der Waals surface area contributed by atoms with Crippen LogP contribution in [0.1, 0.15) is 46.5 Å². The summed E-state index contributed by atoms with van der Waals surface area (Å²) in [6, 6.07) is 0. The highest BCUT2D eigenvalue weighted by molar-refractivity contribution is 4.48.